The molecule has 1 spiro atoms. The molecule has 2 heterocycles. The molecule has 110 valence electrons. The molecule has 4 heteroatoms. The lowest BCUT2D eigenvalue weighted by atomic mass is 9.81. The lowest BCUT2D eigenvalue weighted by molar-refractivity contribution is -0.0580. The van der Waals surface area contributed by atoms with Crippen LogP contribution in [0.15, 0.2) is 18.2 Å². The van der Waals surface area contributed by atoms with Gasteiger partial charge in [0.05, 0.1) is 6.10 Å². The molecular formula is C16H22ClNO2. The monoisotopic (exact) mass is 295 g/mol. The molecule has 0 aromatic heterocycles. The maximum atomic E-state index is 10.4. The van der Waals surface area contributed by atoms with Crippen LogP contribution in [0.5, 0.6) is 5.75 Å². The van der Waals surface area contributed by atoms with Crippen molar-refractivity contribution in [3.05, 3.63) is 28.8 Å². The number of likely N-dealkylation sites (tertiary alicyclic amines) is 1. The van der Waals surface area contributed by atoms with Crippen LogP contribution in [0.25, 0.3) is 0 Å². The van der Waals surface area contributed by atoms with Gasteiger partial charge >= 0.3 is 0 Å². The van der Waals surface area contributed by atoms with E-state index in [1.54, 1.807) is 0 Å². The van der Waals surface area contributed by atoms with Gasteiger partial charge < -0.3 is 14.7 Å². The number of hydrogen-bond acceptors (Lipinski definition) is 3. The molecule has 20 heavy (non-hydrogen) atoms. The first kappa shape index (κ1) is 14.2. The van der Waals surface area contributed by atoms with Crippen LogP contribution >= 0.6 is 11.6 Å². The van der Waals surface area contributed by atoms with Crippen molar-refractivity contribution < 1.29 is 9.84 Å². The Kier molecular flexibility index (Phi) is 3.69. The largest absolute Gasteiger partial charge is 0.487 e. The molecule has 3 rings (SSSR count). The second-order valence-electron chi connectivity index (χ2n) is 6.32. The Morgan fingerprint density at radius 1 is 1.35 bits per heavy atom. The molecule has 2 aliphatic heterocycles. The van der Waals surface area contributed by atoms with Crippen molar-refractivity contribution in [3.63, 3.8) is 0 Å². The third kappa shape index (κ3) is 2.54. The first-order chi connectivity index (χ1) is 9.49. The number of benzene rings is 1. The number of fused-ring (bicyclic) bond motifs is 1. The highest BCUT2D eigenvalue weighted by atomic mass is 35.5. The van der Waals surface area contributed by atoms with E-state index in [4.69, 9.17) is 16.3 Å². The molecule has 2 aliphatic rings. The van der Waals surface area contributed by atoms with E-state index in [0.717, 1.165) is 37.2 Å². The van der Waals surface area contributed by atoms with Crippen LogP contribution in [0, 0.1) is 0 Å². The average Bonchev–Trinajstić information content (AvgIpc) is 2.40. The first-order valence-corrected chi connectivity index (χ1v) is 7.77. The normalized spacial score (nSPS) is 25.6. The van der Waals surface area contributed by atoms with Crippen molar-refractivity contribution in [2.45, 2.75) is 50.9 Å². The lowest BCUT2D eigenvalue weighted by Crippen LogP contribution is -2.51. The number of nitrogens with zero attached hydrogens (tertiary/aromatic N) is 1. The Balaban J connectivity index is 1.80. The summed E-state index contributed by atoms with van der Waals surface area (Å²) >= 11 is 6.00. The summed E-state index contributed by atoms with van der Waals surface area (Å²) in [5, 5.41) is 11.1. The zero-order valence-corrected chi connectivity index (χ0v) is 12.9. The molecule has 0 bridgehead atoms. The number of ether oxygens (including phenoxy) is 1. The molecule has 1 aromatic carbocycles. The van der Waals surface area contributed by atoms with Crippen LogP contribution in [-0.4, -0.2) is 34.7 Å². The van der Waals surface area contributed by atoms with Crippen LogP contribution in [0.2, 0.25) is 5.02 Å². The van der Waals surface area contributed by atoms with E-state index < -0.39 is 6.10 Å². The topological polar surface area (TPSA) is 32.7 Å². The maximum Gasteiger partial charge on any atom is 0.126 e. The molecule has 3 nitrogen and oxygen atoms in total. The summed E-state index contributed by atoms with van der Waals surface area (Å²) in [7, 11) is 0. The number of halogens is 1. The second kappa shape index (κ2) is 5.21. The smallest absolute Gasteiger partial charge is 0.126 e. The Morgan fingerprint density at radius 2 is 2.05 bits per heavy atom. The highest BCUT2D eigenvalue weighted by Gasteiger charge is 2.43. The zero-order valence-electron chi connectivity index (χ0n) is 12.1. The molecule has 0 aliphatic carbocycles. The van der Waals surface area contributed by atoms with Gasteiger partial charge in [0.1, 0.15) is 11.4 Å². The Bertz CT molecular complexity index is 495. The van der Waals surface area contributed by atoms with Crippen molar-refractivity contribution in [1.82, 2.24) is 4.90 Å². The van der Waals surface area contributed by atoms with Crippen molar-refractivity contribution in [1.29, 1.82) is 0 Å². The standard InChI is InChI=1S/C16H22ClNO2/c1-11(2)18-7-5-16(6-8-18)10-14(19)13-9-12(17)3-4-15(13)20-16/h3-4,9,11,14,19H,5-8,10H2,1-2H3/t14-/m0/s1. The molecule has 0 saturated carbocycles. The van der Waals surface area contributed by atoms with E-state index in [0.29, 0.717) is 17.5 Å². The fraction of sp³-hybridized carbons (Fsp3) is 0.625. The van der Waals surface area contributed by atoms with E-state index in [2.05, 4.69) is 18.7 Å². The van der Waals surface area contributed by atoms with E-state index >= 15 is 0 Å². The minimum atomic E-state index is -0.469. The summed E-state index contributed by atoms with van der Waals surface area (Å²) in [5.41, 5.74) is 0.625. The summed E-state index contributed by atoms with van der Waals surface area (Å²) in [6, 6.07) is 6.11. The molecule has 0 unspecified atom stereocenters. The number of hydrogen-bond donors (Lipinski definition) is 1. The van der Waals surface area contributed by atoms with Crippen LogP contribution < -0.4 is 4.74 Å². The maximum absolute atomic E-state index is 10.4. The summed E-state index contributed by atoms with van der Waals surface area (Å²) in [5.74, 6) is 0.797. The SMILES string of the molecule is CC(C)N1CCC2(CC1)C[C@H](O)c1cc(Cl)ccc1O2. The van der Waals surface area contributed by atoms with Gasteiger partial charge in [-0.05, 0) is 44.9 Å². The third-order valence-electron chi connectivity index (χ3n) is 4.66. The van der Waals surface area contributed by atoms with Crippen LogP contribution in [0.4, 0.5) is 0 Å². The first-order valence-electron chi connectivity index (χ1n) is 7.40. The van der Waals surface area contributed by atoms with Gasteiger partial charge in [-0.1, -0.05) is 11.6 Å². The summed E-state index contributed by atoms with van der Waals surface area (Å²) in [6.07, 6.45) is 2.16. The molecule has 0 radical (unpaired) electrons. The van der Waals surface area contributed by atoms with Gasteiger partial charge in [-0.3, -0.25) is 0 Å². The third-order valence-corrected chi connectivity index (χ3v) is 4.90. The molecule has 1 atom stereocenters. The summed E-state index contributed by atoms with van der Waals surface area (Å²) < 4.78 is 6.27. The highest BCUT2D eigenvalue weighted by Crippen LogP contribution is 2.45. The van der Waals surface area contributed by atoms with Crippen molar-refractivity contribution in [3.8, 4) is 5.75 Å². The van der Waals surface area contributed by atoms with Gasteiger partial charge in [0.2, 0.25) is 0 Å². The van der Waals surface area contributed by atoms with Gasteiger partial charge in [0, 0.05) is 36.1 Å². The molecule has 0 amide bonds. The molecule has 1 fully saturated rings. The van der Waals surface area contributed by atoms with Gasteiger partial charge in [-0.25, -0.2) is 0 Å². The average molecular weight is 296 g/mol. The van der Waals surface area contributed by atoms with Gasteiger partial charge in [-0.2, -0.15) is 0 Å². The quantitative estimate of drug-likeness (QED) is 0.862. The van der Waals surface area contributed by atoms with E-state index in [1.807, 2.05) is 18.2 Å². The van der Waals surface area contributed by atoms with E-state index in [1.165, 1.54) is 0 Å². The number of rotatable bonds is 1. The second-order valence-corrected chi connectivity index (χ2v) is 6.75. The molecule has 1 N–H and O–H groups in total. The minimum absolute atomic E-state index is 0.203. The highest BCUT2D eigenvalue weighted by molar-refractivity contribution is 6.30. The number of aliphatic hydroxyl groups is 1. The molecular weight excluding hydrogens is 274 g/mol. The Labute approximate surface area is 125 Å². The molecule has 1 aromatic rings. The zero-order chi connectivity index (χ0) is 14.3. The van der Waals surface area contributed by atoms with Crippen LogP contribution in [-0.2, 0) is 0 Å². The Morgan fingerprint density at radius 3 is 2.70 bits per heavy atom. The fourth-order valence-corrected chi connectivity index (χ4v) is 3.54. The summed E-state index contributed by atoms with van der Waals surface area (Å²) in [4.78, 5) is 2.47. The van der Waals surface area contributed by atoms with Crippen LogP contribution in [0.1, 0.15) is 44.8 Å². The van der Waals surface area contributed by atoms with E-state index in [9.17, 15) is 5.11 Å². The Hall–Kier alpha value is -0.770. The fourth-order valence-electron chi connectivity index (χ4n) is 3.36. The summed E-state index contributed by atoms with van der Waals surface area (Å²) in [6.45, 7) is 6.53. The van der Waals surface area contributed by atoms with Gasteiger partial charge in [0.25, 0.3) is 0 Å². The number of aliphatic hydroxyl groups excluding tert-OH is 1. The lowest BCUT2D eigenvalue weighted by Gasteiger charge is -2.46. The van der Waals surface area contributed by atoms with Crippen molar-refractivity contribution in [2.24, 2.45) is 0 Å². The van der Waals surface area contributed by atoms with Crippen molar-refractivity contribution in [2.75, 3.05) is 13.1 Å². The van der Waals surface area contributed by atoms with Gasteiger partial charge in [-0.15, -0.1) is 0 Å². The van der Waals surface area contributed by atoms with Crippen molar-refractivity contribution >= 4 is 11.6 Å². The predicted molar refractivity (Wildman–Crippen MR) is 80.3 cm³/mol. The number of piperidine rings is 1. The van der Waals surface area contributed by atoms with Crippen LogP contribution in [0.3, 0.4) is 0 Å². The van der Waals surface area contributed by atoms with E-state index in [-0.39, 0.29) is 5.60 Å². The predicted octanol–water partition coefficient (Wildman–Crippen LogP) is 3.40. The molecule has 1 saturated heterocycles. The minimum Gasteiger partial charge on any atom is -0.487 e. The van der Waals surface area contributed by atoms with Gasteiger partial charge in [0.15, 0.2) is 0 Å².